The third-order valence-electron chi connectivity index (χ3n) is 4.04. The quantitative estimate of drug-likeness (QED) is 0.468. The van der Waals surface area contributed by atoms with Crippen LogP contribution < -0.4 is 9.64 Å². The van der Waals surface area contributed by atoms with Gasteiger partial charge in [0, 0.05) is 24.0 Å². The predicted molar refractivity (Wildman–Crippen MR) is 103 cm³/mol. The minimum atomic E-state index is -0.607. The van der Waals surface area contributed by atoms with Gasteiger partial charge in [0.05, 0.1) is 24.6 Å². The monoisotopic (exact) mass is 383 g/mol. The van der Waals surface area contributed by atoms with E-state index < -0.39 is 11.6 Å². The topological polar surface area (TPSA) is 38.2 Å². The fourth-order valence-electron chi connectivity index (χ4n) is 2.82. The number of rotatable bonds is 5. The zero-order valence-corrected chi connectivity index (χ0v) is 15.2. The van der Waals surface area contributed by atoms with Crippen LogP contribution in [0.2, 0.25) is 0 Å². The summed E-state index contributed by atoms with van der Waals surface area (Å²) in [4.78, 5) is 10.6. The molecular weight excluding hydrogens is 368 g/mol. The van der Waals surface area contributed by atoms with Gasteiger partial charge < -0.3 is 9.64 Å². The number of hydrogen-bond donors (Lipinski definition) is 0. The fourth-order valence-corrected chi connectivity index (χ4v) is 3.77. The van der Waals surface area contributed by atoms with Gasteiger partial charge in [-0.15, -0.1) is 0 Å². The zero-order chi connectivity index (χ0) is 18.8. The molecule has 2 heterocycles. The normalized spacial score (nSPS) is 10.9. The van der Waals surface area contributed by atoms with E-state index in [9.17, 15) is 8.78 Å². The van der Waals surface area contributed by atoms with Gasteiger partial charge in [-0.2, -0.15) is 0 Å². The number of hydrogen-bond acceptors (Lipinski definition) is 5. The van der Waals surface area contributed by atoms with Crippen LogP contribution in [-0.2, 0) is 6.54 Å². The van der Waals surface area contributed by atoms with Gasteiger partial charge in [0.2, 0.25) is 0 Å². The second-order valence-corrected chi connectivity index (χ2v) is 6.91. The van der Waals surface area contributed by atoms with Crippen molar-refractivity contribution in [1.82, 2.24) is 9.97 Å². The molecule has 0 spiro atoms. The lowest BCUT2D eigenvalue weighted by atomic mass is 10.2. The molecule has 136 valence electrons. The van der Waals surface area contributed by atoms with E-state index in [4.69, 9.17) is 4.74 Å². The van der Waals surface area contributed by atoms with Gasteiger partial charge in [-0.25, -0.2) is 13.8 Å². The minimum Gasteiger partial charge on any atom is -0.497 e. The number of aromatic nitrogens is 2. The van der Waals surface area contributed by atoms with Gasteiger partial charge in [-0.05, 0) is 35.9 Å². The van der Waals surface area contributed by atoms with Gasteiger partial charge in [0.1, 0.15) is 22.9 Å². The number of methoxy groups -OCH3 is 1. The molecule has 2 aromatic carbocycles. The van der Waals surface area contributed by atoms with Crippen molar-refractivity contribution < 1.29 is 13.5 Å². The molecule has 0 radical (unpaired) electrons. The van der Waals surface area contributed by atoms with Crippen LogP contribution in [-0.4, -0.2) is 17.1 Å². The largest absolute Gasteiger partial charge is 0.497 e. The summed E-state index contributed by atoms with van der Waals surface area (Å²) < 4.78 is 33.6. The smallest absolute Gasteiger partial charge is 0.191 e. The van der Waals surface area contributed by atoms with Gasteiger partial charge in [0.25, 0.3) is 0 Å². The van der Waals surface area contributed by atoms with Crippen LogP contribution in [0.1, 0.15) is 5.56 Å². The molecule has 0 amide bonds. The van der Waals surface area contributed by atoms with Crippen molar-refractivity contribution in [2.75, 3.05) is 12.0 Å². The second kappa shape index (κ2) is 7.28. The molecule has 0 aliphatic heterocycles. The van der Waals surface area contributed by atoms with Gasteiger partial charge in [-0.3, -0.25) is 4.98 Å². The molecule has 0 saturated carbocycles. The lowest BCUT2D eigenvalue weighted by Gasteiger charge is -2.22. The molecule has 27 heavy (non-hydrogen) atoms. The Labute approximate surface area is 158 Å². The van der Waals surface area contributed by atoms with Crippen LogP contribution in [0.15, 0.2) is 60.9 Å². The molecule has 0 aliphatic carbocycles. The Hall–Kier alpha value is -3.06. The number of nitrogens with zero attached hydrogens (tertiary/aromatic N) is 3. The minimum absolute atomic E-state index is 0.259. The number of pyridine rings is 1. The van der Waals surface area contributed by atoms with Crippen LogP contribution in [0.5, 0.6) is 5.75 Å². The molecule has 0 N–H and O–H groups in total. The molecule has 0 fully saturated rings. The van der Waals surface area contributed by atoms with Gasteiger partial charge >= 0.3 is 0 Å². The average molecular weight is 383 g/mol. The van der Waals surface area contributed by atoms with E-state index in [1.807, 2.05) is 35.2 Å². The summed E-state index contributed by atoms with van der Waals surface area (Å²) in [7, 11) is 1.59. The first kappa shape index (κ1) is 17.4. The standard InChI is InChI=1S/C20H15F2N3OS/c1-26-17-4-2-3-16(10-17)25(12-13-7-14(21)9-15(22)8-13)20-24-18-11-23-6-5-19(18)27-20/h2-11H,12H2,1H3. The summed E-state index contributed by atoms with van der Waals surface area (Å²) in [6, 6.07) is 12.9. The summed E-state index contributed by atoms with van der Waals surface area (Å²) in [6.07, 6.45) is 3.41. The molecule has 4 aromatic rings. The summed E-state index contributed by atoms with van der Waals surface area (Å²) in [5.41, 5.74) is 2.09. The summed E-state index contributed by atoms with van der Waals surface area (Å²) in [5.74, 6) is -0.529. The SMILES string of the molecule is COc1cccc(N(Cc2cc(F)cc(F)c2)c2nc3cnccc3s2)c1. The predicted octanol–water partition coefficient (Wildman–Crippen LogP) is 5.32. The first-order chi connectivity index (χ1) is 13.1. The van der Waals surface area contributed by atoms with Crippen LogP contribution in [0, 0.1) is 11.6 Å². The molecule has 2 aromatic heterocycles. The van der Waals surface area contributed by atoms with Crippen molar-refractivity contribution >= 4 is 32.4 Å². The lowest BCUT2D eigenvalue weighted by Crippen LogP contribution is -2.16. The molecular formula is C20H15F2N3OS. The van der Waals surface area contributed by atoms with E-state index in [2.05, 4.69) is 9.97 Å². The van der Waals surface area contributed by atoms with Crippen molar-refractivity contribution in [3.05, 3.63) is 78.1 Å². The number of anilines is 2. The number of fused-ring (bicyclic) bond motifs is 1. The van der Waals surface area contributed by atoms with E-state index in [1.54, 1.807) is 19.5 Å². The lowest BCUT2D eigenvalue weighted by molar-refractivity contribution is 0.415. The molecule has 0 atom stereocenters. The van der Waals surface area contributed by atoms with Gasteiger partial charge in [-0.1, -0.05) is 17.4 Å². The Bertz CT molecular complexity index is 1050. The number of halogens is 2. The van der Waals surface area contributed by atoms with Crippen molar-refractivity contribution in [1.29, 1.82) is 0 Å². The van der Waals surface area contributed by atoms with E-state index in [-0.39, 0.29) is 6.54 Å². The van der Waals surface area contributed by atoms with Gasteiger partial charge in [0.15, 0.2) is 5.13 Å². The van der Waals surface area contributed by atoms with E-state index >= 15 is 0 Å². The Morgan fingerprint density at radius 1 is 1.07 bits per heavy atom. The third kappa shape index (κ3) is 3.73. The van der Waals surface area contributed by atoms with Crippen LogP contribution in [0.3, 0.4) is 0 Å². The second-order valence-electron chi connectivity index (χ2n) is 5.91. The molecule has 0 aliphatic rings. The fraction of sp³-hybridized carbons (Fsp3) is 0.100. The molecule has 7 heteroatoms. The van der Waals surface area contributed by atoms with Crippen LogP contribution in [0.25, 0.3) is 10.2 Å². The van der Waals surface area contributed by atoms with E-state index in [1.165, 1.54) is 23.5 Å². The summed E-state index contributed by atoms with van der Waals surface area (Å²) in [5, 5.41) is 0.705. The van der Waals surface area contributed by atoms with E-state index in [0.717, 1.165) is 22.0 Å². The molecule has 4 nitrogen and oxygen atoms in total. The number of ether oxygens (including phenoxy) is 1. The highest BCUT2D eigenvalue weighted by molar-refractivity contribution is 7.22. The molecule has 0 saturated heterocycles. The van der Waals surface area contributed by atoms with Crippen molar-refractivity contribution in [2.24, 2.45) is 0 Å². The average Bonchev–Trinajstić information content (AvgIpc) is 3.09. The molecule has 0 bridgehead atoms. The Kier molecular flexibility index (Phi) is 4.68. The third-order valence-corrected chi connectivity index (χ3v) is 5.10. The van der Waals surface area contributed by atoms with Crippen molar-refractivity contribution in [2.45, 2.75) is 6.54 Å². The maximum absolute atomic E-state index is 13.7. The Balaban J connectivity index is 1.80. The van der Waals surface area contributed by atoms with Crippen LogP contribution in [0.4, 0.5) is 19.6 Å². The van der Waals surface area contributed by atoms with Crippen molar-refractivity contribution in [3.8, 4) is 5.75 Å². The highest BCUT2D eigenvalue weighted by atomic mass is 32.1. The molecule has 4 rings (SSSR count). The summed E-state index contributed by atoms with van der Waals surface area (Å²) in [6.45, 7) is 0.259. The first-order valence-corrected chi connectivity index (χ1v) is 9.01. The summed E-state index contributed by atoms with van der Waals surface area (Å²) >= 11 is 1.49. The first-order valence-electron chi connectivity index (χ1n) is 8.19. The van der Waals surface area contributed by atoms with Crippen molar-refractivity contribution in [3.63, 3.8) is 0 Å². The Morgan fingerprint density at radius 3 is 2.63 bits per heavy atom. The highest BCUT2D eigenvalue weighted by Gasteiger charge is 2.17. The zero-order valence-electron chi connectivity index (χ0n) is 14.4. The number of benzene rings is 2. The maximum Gasteiger partial charge on any atom is 0.191 e. The maximum atomic E-state index is 13.7. The number of thiazole rings is 1. The molecule has 0 unspecified atom stereocenters. The Morgan fingerprint density at radius 2 is 1.89 bits per heavy atom. The van der Waals surface area contributed by atoms with E-state index in [0.29, 0.717) is 16.4 Å². The van der Waals surface area contributed by atoms with Crippen LogP contribution >= 0.6 is 11.3 Å². The highest BCUT2D eigenvalue weighted by Crippen LogP contribution is 2.35.